The highest BCUT2D eigenvalue weighted by atomic mass is 32.2. The SMILES string of the molecule is CSc1nccc(C=C2C(=O)NC(=S)N(c3ccc(Oc4ccccc4)cc3)C2=O)n1. The smallest absolute Gasteiger partial charge is 0.270 e. The van der Waals surface area contributed by atoms with Crippen molar-refractivity contribution in [3.05, 3.63) is 78.1 Å². The highest BCUT2D eigenvalue weighted by Gasteiger charge is 2.34. The second kappa shape index (κ2) is 9.07. The maximum absolute atomic E-state index is 13.1. The average molecular weight is 449 g/mol. The lowest BCUT2D eigenvalue weighted by atomic mass is 10.1. The molecule has 0 spiro atoms. The van der Waals surface area contributed by atoms with Crippen LogP contribution in [0.5, 0.6) is 11.5 Å². The first-order valence-corrected chi connectivity index (χ1v) is 10.8. The first-order valence-electron chi connectivity index (χ1n) is 9.16. The number of carbonyl (C=O) groups is 2. The molecule has 0 bridgehead atoms. The molecule has 2 heterocycles. The van der Waals surface area contributed by atoms with Crippen molar-refractivity contribution in [2.75, 3.05) is 11.2 Å². The summed E-state index contributed by atoms with van der Waals surface area (Å²) in [6.45, 7) is 0. The molecule has 1 N–H and O–H groups in total. The molecule has 3 aromatic rings. The maximum atomic E-state index is 13.1. The van der Waals surface area contributed by atoms with Gasteiger partial charge in [0.1, 0.15) is 17.1 Å². The summed E-state index contributed by atoms with van der Waals surface area (Å²) < 4.78 is 5.78. The van der Waals surface area contributed by atoms with Crippen molar-refractivity contribution >= 4 is 52.7 Å². The van der Waals surface area contributed by atoms with Crippen molar-refractivity contribution in [1.82, 2.24) is 15.3 Å². The van der Waals surface area contributed by atoms with E-state index in [1.807, 2.05) is 36.6 Å². The maximum Gasteiger partial charge on any atom is 0.270 e. The van der Waals surface area contributed by atoms with Gasteiger partial charge in [0, 0.05) is 6.20 Å². The second-order valence-electron chi connectivity index (χ2n) is 6.34. The number of rotatable bonds is 5. The van der Waals surface area contributed by atoms with E-state index in [4.69, 9.17) is 17.0 Å². The lowest BCUT2D eigenvalue weighted by molar-refractivity contribution is -0.122. The molecule has 1 aliphatic rings. The Balaban J connectivity index is 1.60. The molecule has 0 aliphatic carbocycles. The number of nitrogens with one attached hydrogen (secondary N) is 1. The second-order valence-corrected chi connectivity index (χ2v) is 7.50. The monoisotopic (exact) mass is 448 g/mol. The predicted octanol–water partition coefficient (Wildman–Crippen LogP) is 3.82. The Hall–Kier alpha value is -3.56. The van der Waals surface area contributed by atoms with Crippen molar-refractivity contribution in [2.24, 2.45) is 0 Å². The van der Waals surface area contributed by atoms with Crippen LogP contribution in [-0.2, 0) is 9.59 Å². The minimum absolute atomic E-state index is 0.0105. The first kappa shape index (κ1) is 20.7. The molecular weight excluding hydrogens is 432 g/mol. The molecule has 1 saturated heterocycles. The van der Waals surface area contributed by atoms with Gasteiger partial charge in [0.2, 0.25) is 0 Å². The molecule has 2 aromatic carbocycles. The van der Waals surface area contributed by atoms with Crippen LogP contribution >= 0.6 is 24.0 Å². The van der Waals surface area contributed by atoms with E-state index in [2.05, 4.69) is 15.3 Å². The molecule has 0 saturated carbocycles. The molecule has 31 heavy (non-hydrogen) atoms. The number of hydrogen-bond donors (Lipinski definition) is 1. The number of hydrogen-bond acceptors (Lipinski definition) is 7. The van der Waals surface area contributed by atoms with Crippen molar-refractivity contribution in [2.45, 2.75) is 5.16 Å². The minimum atomic E-state index is -0.570. The van der Waals surface area contributed by atoms with E-state index in [0.29, 0.717) is 28.0 Å². The summed E-state index contributed by atoms with van der Waals surface area (Å²) >= 11 is 6.61. The quantitative estimate of drug-likeness (QED) is 0.209. The fraction of sp³-hybridized carbons (Fsp3) is 0.0455. The molecule has 2 amide bonds. The molecule has 154 valence electrons. The van der Waals surface area contributed by atoms with Gasteiger partial charge in [0.05, 0.1) is 11.4 Å². The molecule has 0 atom stereocenters. The molecule has 0 unspecified atom stereocenters. The number of para-hydroxylation sites is 1. The molecule has 1 aliphatic heterocycles. The van der Waals surface area contributed by atoms with Crippen molar-refractivity contribution in [3.63, 3.8) is 0 Å². The summed E-state index contributed by atoms with van der Waals surface area (Å²) in [5.41, 5.74) is 0.898. The highest BCUT2D eigenvalue weighted by molar-refractivity contribution is 7.98. The summed E-state index contributed by atoms with van der Waals surface area (Å²) in [4.78, 5) is 35.2. The van der Waals surface area contributed by atoms with Gasteiger partial charge in [-0.2, -0.15) is 0 Å². The summed E-state index contributed by atoms with van der Waals surface area (Å²) in [6, 6.07) is 17.8. The topological polar surface area (TPSA) is 84.4 Å². The lowest BCUT2D eigenvalue weighted by Gasteiger charge is -2.29. The average Bonchev–Trinajstić information content (AvgIpc) is 2.78. The van der Waals surface area contributed by atoms with Crippen LogP contribution in [0.4, 0.5) is 5.69 Å². The number of ether oxygens (including phenoxy) is 1. The van der Waals surface area contributed by atoms with Crippen molar-refractivity contribution < 1.29 is 14.3 Å². The number of benzene rings is 2. The van der Waals surface area contributed by atoms with E-state index in [1.54, 1.807) is 36.5 Å². The van der Waals surface area contributed by atoms with Gasteiger partial charge in [0.15, 0.2) is 10.3 Å². The number of aromatic nitrogens is 2. The summed E-state index contributed by atoms with van der Waals surface area (Å²) in [7, 11) is 0. The fourth-order valence-electron chi connectivity index (χ4n) is 2.86. The molecule has 1 aromatic heterocycles. The van der Waals surface area contributed by atoms with Gasteiger partial charge in [-0.1, -0.05) is 30.0 Å². The largest absolute Gasteiger partial charge is 0.457 e. The van der Waals surface area contributed by atoms with Crippen LogP contribution < -0.4 is 15.0 Å². The highest BCUT2D eigenvalue weighted by Crippen LogP contribution is 2.27. The van der Waals surface area contributed by atoms with E-state index in [1.165, 1.54) is 22.7 Å². The van der Waals surface area contributed by atoms with Crippen molar-refractivity contribution in [3.8, 4) is 11.5 Å². The van der Waals surface area contributed by atoms with Gasteiger partial charge in [0.25, 0.3) is 11.8 Å². The zero-order chi connectivity index (χ0) is 21.8. The minimum Gasteiger partial charge on any atom is -0.457 e. The van der Waals surface area contributed by atoms with E-state index < -0.39 is 11.8 Å². The third kappa shape index (κ3) is 4.62. The van der Waals surface area contributed by atoms with Crippen molar-refractivity contribution in [1.29, 1.82) is 0 Å². The lowest BCUT2D eigenvalue weighted by Crippen LogP contribution is -2.54. The normalized spacial score (nSPS) is 15.2. The van der Waals surface area contributed by atoms with Crippen LogP contribution in [0.25, 0.3) is 6.08 Å². The molecular formula is C22H16N4O3S2. The molecule has 1 fully saturated rings. The molecule has 4 rings (SSSR count). The van der Waals surface area contributed by atoms with Crippen LogP contribution in [0, 0.1) is 0 Å². The van der Waals surface area contributed by atoms with Gasteiger partial charge >= 0.3 is 0 Å². The Labute approximate surface area is 188 Å². The standard InChI is InChI=1S/C22H16N4O3S2/c1-31-21-23-12-11-14(24-21)13-18-19(27)25-22(30)26(20(18)28)15-7-9-17(10-8-15)29-16-5-3-2-4-6-16/h2-13H,1H3,(H,25,27,30). The van der Waals surface area contributed by atoms with E-state index in [0.717, 1.165) is 0 Å². The first-order chi connectivity index (χ1) is 15.0. The number of carbonyl (C=O) groups excluding carboxylic acids is 2. The van der Waals surface area contributed by atoms with Gasteiger partial charge in [-0.3, -0.25) is 19.8 Å². The van der Waals surface area contributed by atoms with E-state index in [-0.39, 0.29) is 10.7 Å². The fourth-order valence-corrected chi connectivity index (χ4v) is 3.50. The summed E-state index contributed by atoms with van der Waals surface area (Å²) in [5.74, 6) is 0.205. The number of thiocarbonyl (C=S) groups is 1. The third-order valence-electron chi connectivity index (χ3n) is 4.31. The van der Waals surface area contributed by atoms with Crippen LogP contribution in [-0.4, -0.2) is 33.2 Å². The number of amides is 2. The van der Waals surface area contributed by atoms with Crippen LogP contribution in [0.3, 0.4) is 0 Å². The Bertz CT molecular complexity index is 1180. The zero-order valence-electron chi connectivity index (χ0n) is 16.3. The Morgan fingerprint density at radius 1 is 1.03 bits per heavy atom. The van der Waals surface area contributed by atoms with Crippen LogP contribution in [0.1, 0.15) is 5.69 Å². The Morgan fingerprint density at radius 2 is 1.74 bits per heavy atom. The third-order valence-corrected chi connectivity index (χ3v) is 5.15. The summed E-state index contributed by atoms with van der Waals surface area (Å²) in [5, 5.41) is 3.11. The van der Waals surface area contributed by atoms with Gasteiger partial charge < -0.3 is 4.74 Å². The zero-order valence-corrected chi connectivity index (χ0v) is 17.9. The van der Waals surface area contributed by atoms with Crippen LogP contribution in [0.15, 0.2) is 77.6 Å². The van der Waals surface area contributed by atoms with Crippen LogP contribution in [0.2, 0.25) is 0 Å². The number of anilines is 1. The molecule has 9 heteroatoms. The summed E-state index contributed by atoms with van der Waals surface area (Å²) in [6.07, 6.45) is 4.85. The van der Waals surface area contributed by atoms with Gasteiger partial charge in [-0.25, -0.2) is 9.97 Å². The van der Waals surface area contributed by atoms with E-state index in [9.17, 15) is 9.59 Å². The van der Waals surface area contributed by atoms with Gasteiger partial charge in [-0.15, -0.1) is 0 Å². The Morgan fingerprint density at radius 3 is 2.45 bits per heavy atom. The molecule has 7 nitrogen and oxygen atoms in total. The predicted molar refractivity (Wildman–Crippen MR) is 123 cm³/mol. The Kier molecular flexibility index (Phi) is 6.06. The number of thioether (sulfide) groups is 1. The molecule has 0 radical (unpaired) electrons. The number of nitrogens with zero attached hydrogens (tertiary/aromatic N) is 3. The van der Waals surface area contributed by atoms with Gasteiger partial charge in [-0.05, 0) is 67.0 Å². The van der Waals surface area contributed by atoms with E-state index >= 15 is 0 Å².